The molecular formula is C17H32N2O7S. The number of hydrogen-bond acceptors (Lipinski definition) is 8. The van der Waals surface area contributed by atoms with E-state index in [9.17, 15) is 24.6 Å². The first-order valence-electron chi connectivity index (χ1n) is 8.84. The standard InChI is InChI=1S/C17H32N2O7S/c1-11(21)8-12(22)9-14(24)27-7-6-18-13(23)4-5-19-16(26)15(25)17(2,3)10-20/h11-12,15,20-22,25H,4-10H2,1-3H3,(H,18,23)(H,19,26)/t11-,12+,15-/m0/s1. The highest BCUT2D eigenvalue weighted by Gasteiger charge is 2.32. The normalized spacial score (nSPS) is 14.9. The molecule has 0 fully saturated rings. The lowest BCUT2D eigenvalue weighted by Crippen LogP contribution is -2.46. The minimum atomic E-state index is -1.38. The smallest absolute Gasteiger partial charge is 0.249 e. The van der Waals surface area contributed by atoms with Crippen molar-refractivity contribution in [2.75, 3.05) is 25.4 Å². The van der Waals surface area contributed by atoms with Gasteiger partial charge in [-0.1, -0.05) is 25.6 Å². The van der Waals surface area contributed by atoms with Gasteiger partial charge in [-0.3, -0.25) is 14.4 Å². The number of thioether (sulfide) groups is 1. The highest BCUT2D eigenvalue weighted by atomic mass is 32.2. The van der Waals surface area contributed by atoms with Crippen LogP contribution in [0.15, 0.2) is 0 Å². The Balaban J connectivity index is 3.87. The third-order valence-corrected chi connectivity index (χ3v) is 4.65. The molecule has 0 aliphatic heterocycles. The number of carbonyl (C=O) groups is 3. The maximum Gasteiger partial charge on any atom is 0.249 e. The molecule has 0 unspecified atom stereocenters. The van der Waals surface area contributed by atoms with Gasteiger partial charge in [0.1, 0.15) is 6.10 Å². The molecule has 2 amide bonds. The zero-order valence-electron chi connectivity index (χ0n) is 16.1. The highest BCUT2D eigenvalue weighted by molar-refractivity contribution is 8.13. The average Bonchev–Trinajstić information content (AvgIpc) is 2.56. The van der Waals surface area contributed by atoms with E-state index in [0.29, 0.717) is 5.75 Å². The molecule has 0 saturated carbocycles. The molecule has 0 rings (SSSR count). The topological polar surface area (TPSA) is 156 Å². The van der Waals surface area contributed by atoms with Gasteiger partial charge < -0.3 is 31.1 Å². The van der Waals surface area contributed by atoms with Crippen LogP contribution < -0.4 is 10.6 Å². The van der Waals surface area contributed by atoms with Crippen LogP contribution in [0.4, 0.5) is 0 Å². The van der Waals surface area contributed by atoms with E-state index in [1.54, 1.807) is 13.8 Å². The van der Waals surface area contributed by atoms with Crippen LogP contribution in [-0.4, -0.2) is 81.1 Å². The van der Waals surface area contributed by atoms with Crippen LogP contribution in [0.25, 0.3) is 0 Å². The van der Waals surface area contributed by atoms with Gasteiger partial charge in [0.2, 0.25) is 11.8 Å². The largest absolute Gasteiger partial charge is 0.396 e. The summed E-state index contributed by atoms with van der Waals surface area (Å²) in [6, 6.07) is 0. The Hall–Kier alpha value is -1.20. The molecule has 10 heteroatoms. The molecule has 6 N–H and O–H groups in total. The number of rotatable bonds is 13. The maximum atomic E-state index is 11.7. The molecule has 0 aliphatic rings. The Bertz CT molecular complexity index is 486. The van der Waals surface area contributed by atoms with Gasteiger partial charge in [-0.25, -0.2) is 0 Å². The van der Waals surface area contributed by atoms with Crippen molar-refractivity contribution in [3.05, 3.63) is 0 Å². The minimum absolute atomic E-state index is 0.0176. The van der Waals surface area contributed by atoms with E-state index in [2.05, 4.69) is 10.6 Å². The van der Waals surface area contributed by atoms with E-state index in [4.69, 9.17) is 10.2 Å². The van der Waals surface area contributed by atoms with Gasteiger partial charge in [0.05, 0.1) is 18.8 Å². The van der Waals surface area contributed by atoms with Gasteiger partial charge in [-0.05, 0) is 13.3 Å². The molecule has 0 aromatic carbocycles. The van der Waals surface area contributed by atoms with Crippen molar-refractivity contribution in [1.82, 2.24) is 10.6 Å². The monoisotopic (exact) mass is 408 g/mol. The van der Waals surface area contributed by atoms with Crippen LogP contribution in [-0.2, 0) is 14.4 Å². The molecule has 0 saturated heterocycles. The van der Waals surface area contributed by atoms with E-state index >= 15 is 0 Å². The van der Waals surface area contributed by atoms with Crippen LogP contribution in [0.2, 0.25) is 0 Å². The van der Waals surface area contributed by atoms with Crippen LogP contribution in [0.3, 0.4) is 0 Å². The summed E-state index contributed by atoms with van der Waals surface area (Å²) >= 11 is 0.990. The Morgan fingerprint density at radius 3 is 2.26 bits per heavy atom. The Morgan fingerprint density at radius 2 is 1.70 bits per heavy atom. The summed E-state index contributed by atoms with van der Waals surface area (Å²) in [5.41, 5.74) is -0.973. The third kappa shape index (κ3) is 12.0. The molecular weight excluding hydrogens is 376 g/mol. The first-order chi connectivity index (χ1) is 12.5. The fourth-order valence-corrected chi connectivity index (χ4v) is 2.75. The Kier molecular flexibility index (Phi) is 12.5. The number of nitrogens with one attached hydrogen (secondary N) is 2. The van der Waals surface area contributed by atoms with Crippen LogP contribution in [0.1, 0.15) is 40.0 Å². The molecule has 0 aliphatic carbocycles. The van der Waals surface area contributed by atoms with Gasteiger partial charge in [0.25, 0.3) is 0 Å². The van der Waals surface area contributed by atoms with Gasteiger partial charge in [0.15, 0.2) is 5.12 Å². The van der Waals surface area contributed by atoms with Gasteiger partial charge >= 0.3 is 0 Å². The van der Waals surface area contributed by atoms with E-state index in [0.717, 1.165) is 11.8 Å². The summed E-state index contributed by atoms with van der Waals surface area (Å²) in [4.78, 5) is 35.0. The molecule has 0 heterocycles. The number of hydrogen-bond donors (Lipinski definition) is 6. The van der Waals surface area contributed by atoms with Crippen molar-refractivity contribution >= 4 is 28.7 Å². The number of amides is 2. The predicted octanol–water partition coefficient (Wildman–Crippen LogP) is -1.23. The summed E-state index contributed by atoms with van der Waals surface area (Å²) in [5, 5.41) is 42.4. The summed E-state index contributed by atoms with van der Waals surface area (Å²) in [5.74, 6) is -0.617. The minimum Gasteiger partial charge on any atom is -0.396 e. The molecule has 0 radical (unpaired) electrons. The molecule has 0 bridgehead atoms. The predicted molar refractivity (Wildman–Crippen MR) is 102 cm³/mol. The lowest BCUT2D eigenvalue weighted by Gasteiger charge is -2.27. The van der Waals surface area contributed by atoms with Gasteiger partial charge in [-0.15, -0.1) is 0 Å². The van der Waals surface area contributed by atoms with Crippen molar-refractivity contribution in [2.45, 2.75) is 58.3 Å². The SMILES string of the molecule is C[C@H](O)C[C@@H](O)CC(=O)SCCNC(=O)CCNC(=O)[C@H](O)C(C)(C)CO. The molecule has 9 nitrogen and oxygen atoms in total. The second-order valence-corrected chi connectivity index (χ2v) is 8.26. The van der Waals surface area contributed by atoms with Gasteiger partial charge in [0, 0.05) is 37.1 Å². The molecule has 0 spiro atoms. The second-order valence-electron chi connectivity index (χ2n) is 7.10. The summed E-state index contributed by atoms with van der Waals surface area (Å²) < 4.78 is 0. The van der Waals surface area contributed by atoms with Crippen molar-refractivity contribution in [3.8, 4) is 0 Å². The quantitative estimate of drug-likeness (QED) is 0.207. The lowest BCUT2D eigenvalue weighted by atomic mass is 9.87. The fourth-order valence-electron chi connectivity index (χ4n) is 2.01. The van der Waals surface area contributed by atoms with E-state index in [1.807, 2.05) is 0 Å². The van der Waals surface area contributed by atoms with E-state index in [-0.39, 0.29) is 50.0 Å². The molecule has 0 aromatic heterocycles. The van der Waals surface area contributed by atoms with Crippen molar-refractivity contribution < 1.29 is 34.8 Å². The average molecular weight is 409 g/mol. The summed E-state index contributed by atoms with van der Waals surface area (Å²) in [6.45, 7) is 4.58. The third-order valence-electron chi connectivity index (χ3n) is 3.75. The number of aliphatic hydroxyl groups excluding tert-OH is 4. The van der Waals surface area contributed by atoms with Gasteiger partial charge in [-0.2, -0.15) is 0 Å². The maximum absolute atomic E-state index is 11.7. The first kappa shape index (κ1) is 25.8. The number of aliphatic hydroxyl groups is 4. The summed E-state index contributed by atoms with van der Waals surface area (Å²) in [6.07, 6.45) is -2.83. The van der Waals surface area contributed by atoms with E-state index in [1.165, 1.54) is 6.92 Å². The van der Waals surface area contributed by atoms with Crippen LogP contribution >= 0.6 is 11.8 Å². The van der Waals surface area contributed by atoms with Crippen LogP contribution in [0.5, 0.6) is 0 Å². The van der Waals surface area contributed by atoms with Crippen molar-refractivity contribution in [2.24, 2.45) is 5.41 Å². The molecule has 158 valence electrons. The molecule has 27 heavy (non-hydrogen) atoms. The molecule has 3 atom stereocenters. The second kappa shape index (κ2) is 13.1. The zero-order chi connectivity index (χ0) is 21.0. The van der Waals surface area contributed by atoms with Crippen LogP contribution in [0, 0.1) is 5.41 Å². The summed E-state index contributed by atoms with van der Waals surface area (Å²) in [7, 11) is 0. The number of carbonyl (C=O) groups excluding carboxylic acids is 3. The fraction of sp³-hybridized carbons (Fsp3) is 0.824. The zero-order valence-corrected chi connectivity index (χ0v) is 16.9. The van der Waals surface area contributed by atoms with Crippen molar-refractivity contribution in [3.63, 3.8) is 0 Å². The first-order valence-corrected chi connectivity index (χ1v) is 9.83. The van der Waals surface area contributed by atoms with E-state index < -0.39 is 29.6 Å². The lowest BCUT2D eigenvalue weighted by molar-refractivity contribution is -0.137. The molecule has 0 aromatic rings. The highest BCUT2D eigenvalue weighted by Crippen LogP contribution is 2.19. The Labute approximate surface area is 163 Å². The van der Waals surface area contributed by atoms with Crippen molar-refractivity contribution in [1.29, 1.82) is 0 Å². The Morgan fingerprint density at radius 1 is 1.07 bits per heavy atom.